The van der Waals surface area contributed by atoms with Crippen LogP contribution in [0.3, 0.4) is 0 Å². The fraction of sp³-hybridized carbons (Fsp3) is 0.588. The fourth-order valence-corrected chi connectivity index (χ4v) is 2.85. The summed E-state index contributed by atoms with van der Waals surface area (Å²) in [6.45, 7) is 5.48. The number of nitrogens with one attached hydrogen (secondary N) is 2. The summed E-state index contributed by atoms with van der Waals surface area (Å²) in [6, 6.07) is 5.18. The maximum Gasteiger partial charge on any atom is 0.255 e. The molecule has 0 aliphatic carbocycles. The van der Waals surface area contributed by atoms with Crippen LogP contribution in [0, 0.1) is 5.92 Å². The Balaban J connectivity index is 0.00000264. The standard InChI is InChI=1S/C17H25ClN2O2.ClH/c1-2-10-22-16-6-5-14(18)11-15(16)17(21)20-9-7-13-4-3-8-19-12-13;/h5-6,11,13,19H,2-4,7-10,12H2,1H3,(H,20,21);1H. The largest absolute Gasteiger partial charge is 0.493 e. The number of benzene rings is 1. The summed E-state index contributed by atoms with van der Waals surface area (Å²) in [5.41, 5.74) is 0.516. The molecule has 4 nitrogen and oxygen atoms in total. The highest BCUT2D eigenvalue weighted by atomic mass is 35.5. The van der Waals surface area contributed by atoms with E-state index in [4.69, 9.17) is 16.3 Å². The number of amides is 1. The van der Waals surface area contributed by atoms with E-state index in [1.807, 2.05) is 6.92 Å². The van der Waals surface area contributed by atoms with Gasteiger partial charge in [0.05, 0.1) is 12.2 Å². The number of carbonyl (C=O) groups excluding carboxylic acids is 1. The predicted octanol–water partition coefficient (Wildman–Crippen LogP) is 3.67. The quantitative estimate of drug-likeness (QED) is 0.779. The lowest BCUT2D eigenvalue weighted by molar-refractivity contribution is 0.0946. The monoisotopic (exact) mass is 360 g/mol. The minimum atomic E-state index is -0.114. The molecule has 6 heteroatoms. The van der Waals surface area contributed by atoms with Gasteiger partial charge in [0.25, 0.3) is 5.91 Å². The third-order valence-corrected chi connectivity index (χ3v) is 4.12. The fourth-order valence-electron chi connectivity index (χ4n) is 2.67. The molecule has 1 aromatic carbocycles. The van der Waals surface area contributed by atoms with Crippen molar-refractivity contribution in [3.05, 3.63) is 28.8 Å². The normalized spacial score (nSPS) is 17.2. The lowest BCUT2D eigenvalue weighted by Crippen LogP contribution is -2.33. The number of rotatable bonds is 7. The van der Waals surface area contributed by atoms with Crippen molar-refractivity contribution in [2.45, 2.75) is 32.6 Å². The summed E-state index contributed by atoms with van der Waals surface area (Å²) in [5.74, 6) is 1.14. The van der Waals surface area contributed by atoms with Crippen LogP contribution in [0.15, 0.2) is 18.2 Å². The van der Waals surface area contributed by atoms with Crippen LogP contribution < -0.4 is 15.4 Å². The van der Waals surface area contributed by atoms with Crippen molar-refractivity contribution in [2.75, 3.05) is 26.2 Å². The first-order valence-electron chi connectivity index (χ1n) is 8.12. The van der Waals surface area contributed by atoms with Gasteiger partial charge in [-0.2, -0.15) is 0 Å². The molecule has 1 aliphatic heterocycles. The van der Waals surface area contributed by atoms with Crippen molar-refractivity contribution in [1.82, 2.24) is 10.6 Å². The van der Waals surface area contributed by atoms with E-state index in [1.54, 1.807) is 18.2 Å². The van der Waals surface area contributed by atoms with Crippen LogP contribution in [-0.4, -0.2) is 32.1 Å². The van der Waals surface area contributed by atoms with Gasteiger partial charge >= 0.3 is 0 Å². The topological polar surface area (TPSA) is 50.4 Å². The van der Waals surface area contributed by atoms with Crippen LogP contribution in [0.2, 0.25) is 5.02 Å². The first kappa shape index (κ1) is 20.1. The Morgan fingerprint density at radius 3 is 3.00 bits per heavy atom. The zero-order valence-corrected chi connectivity index (χ0v) is 15.1. The molecule has 2 N–H and O–H groups in total. The molecule has 1 atom stereocenters. The number of hydrogen-bond acceptors (Lipinski definition) is 3. The third-order valence-electron chi connectivity index (χ3n) is 3.89. The summed E-state index contributed by atoms with van der Waals surface area (Å²) in [4.78, 5) is 12.4. The van der Waals surface area contributed by atoms with Gasteiger partial charge in [0.15, 0.2) is 0 Å². The molecule has 2 rings (SSSR count). The summed E-state index contributed by atoms with van der Waals surface area (Å²) in [7, 11) is 0. The van der Waals surface area contributed by atoms with Crippen LogP contribution in [0.5, 0.6) is 5.75 Å². The number of piperidine rings is 1. The van der Waals surface area contributed by atoms with E-state index in [0.717, 1.165) is 25.9 Å². The zero-order chi connectivity index (χ0) is 15.8. The maximum absolute atomic E-state index is 12.4. The van der Waals surface area contributed by atoms with E-state index < -0.39 is 0 Å². The molecule has 1 amide bonds. The smallest absolute Gasteiger partial charge is 0.255 e. The number of hydrogen-bond donors (Lipinski definition) is 2. The summed E-state index contributed by atoms with van der Waals surface area (Å²) in [6.07, 6.45) is 4.37. The highest BCUT2D eigenvalue weighted by Crippen LogP contribution is 2.23. The van der Waals surface area contributed by atoms with Crippen LogP contribution in [0.25, 0.3) is 0 Å². The predicted molar refractivity (Wildman–Crippen MR) is 97.0 cm³/mol. The molecule has 130 valence electrons. The second kappa shape index (κ2) is 10.7. The van der Waals surface area contributed by atoms with Crippen LogP contribution in [0.1, 0.15) is 43.0 Å². The summed E-state index contributed by atoms with van der Waals surface area (Å²) >= 11 is 6.01. The van der Waals surface area contributed by atoms with Crippen LogP contribution >= 0.6 is 24.0 Å². The Kier molecular flexibility index (Phi) is 9.37. The summed E-state index contributed by atoms with van der Waals surface area (Å²) in [5, 5.41) is 6.93. The Labute approximate surface area is 149 Å². The highest BCUT2D eigenvalue weighted by Gasteiger charge is 2.15. The molecule has 1 aliphatic rings. The first-order valence-corrected chi connectivity index (χ1v) is 8.49. The Morgan fingerprint density at radius 2 is 2.30 bits per heavy atom. The van der Waals surface area contributed by atoms with Crippen LogP contribution in [0.4, 0.5) is 0 Å². The van der Waals surface area contributed by atoms with Gasteiger partial charge in [-0.25, -0.2) is 0 Å². The van der Waals surface area contributed by atoms with E-state index in [0.29, 0.717) is 35.4 Å². The van der Waals surface area contributed by atoms with Gasteiger partial charge in [-0.05, 0) is 62.9 Å². The average molecular weight is 361 g/mol. The SMILES string of the molecule is CCCOc1ccc(Cl)cc1C(=O)NCCC1CCCNC1.Cl. The van der Waals surface area contributed by atoms with Gasteiger partial charge in [-0.15, -0.1) is 12.4 Å². The van der Waals surface area contributed by atoms with Gasteiger partial charge < -0.3 is 15.4 Å². The Hall–Kier alpha value is -0.970. The molecule has 0 saturated carbocycles. The van der Waals surface area contributed by atoms with Gasteiger partial charge in [-0.3, -0.25) is 4.79 Å². The molecule has 1 saturated heterocycles. The number of carbonyl (C=O) groups is 1. The zero-order valence-electron chi connectivity index (χ0n) is 13.6. The molecule has 1 aromatic rings. The molecule has 1 unspecified atom stereocenters. The minimum absolute atomic E-state index is 0. The van der Waals surface area contributed by atoms with E-state index in [-0.39, 0.29) is 18.3 Å². The van der Waals surface area contributed by atoms with Gasteiger partial charge in [0.1, 0.15) is 5.75 Å². The molecule has 0 spiro atoms. The van der Waals surface area contributed by atoms with Gasteiger partial charge in [-0.1, -0.05) is 18.5 Å². The number of halogens is 2. The van der Waals surface area contributed by atoms with Crippen molar-refractivity contribution < 1.29 is 9.53 Å². The lowest BCUT2D eigenvalue weighted by atomic mass is 9.96. The van der Waals surface area contributed by atoms with E-state index in [1.165, 1.54) is 12.8 Å². The molecular weight excluding hydrogens is 335 g/mol. The van der Waals surface area contributed by atoms with Crippen LogP contribution in [-0.2, 0) is 0 Å². The molecule has 0 radical (unpaired) electrons. The van der Waals surface area contributed by atoms with Crippen molar-refractivity contribution in [3.63, 3.8) is 0 Å². The summed E-state index contributed by atoms with van der Waals surface area (Å²) < 4.78 is 5.63. The van der Waals surface area contributed by atoms with E-state index in [9.17, 15) is 4.79 Å². The lowest BCUT2D eigenvalue weighted by Gasteiger charge is -2.22. The Morgan fingerprint density at radius 1 is 1.48 bits per heavy atom. The molecule has 0 aromatic heterocycles. The average Bonchev–Trinajstić information content (AvgIpc) is 2.54. The van der Waals surface area contributed by atoms with Crippen molar-refractivity contribution in [1.29, 1.82) is 0 Å². The van der Waals surface area contributed by atoms with Crippen molar-refractivity contribution in [3.8, 4) is 5.75 Å². The molecule has 1 heterocycles. The second-order valence-corrected chi connectivity index (χ2v) is 6.18. The van der Waals surface area contributed by atoms with E-state index in [2.05, 4.69) is 10.6 Å². The van der Waals surface area contributed by atoms with Crippen molar-refractivity contribution >= 4 is 29.9 Å². The van der Waals surface area contributed by atoms with E-state index >= 15 is 0 Å². The minimum Gasteiger partial charge on any atom is -0.493 e. The van der Waals surface area contributed by atoms with Crippen molar-refractivity contribution in [2.24, 2.45) is 5.92 Å². The first-order chi connectivity index (χ1) is 10.7. The van der Waals surface area contributed by atoms with Gasteiger partial charge in [0, 0.05) is 11.6 Å². The molecule has 23 heavy (non-hydrogen) atoms. The maximum atomic E-state index is 12.4. The highest BCUT2D eigenvalue weighted by molar-refractivity contribution is 6.31. The Bertz CT molecular complexity index is 491. The molecular formula is C17H26Cl2N2O2. The molecule has 1 fully saturated rings. The second-order valence-electron chi connectivity index (χ2n) is 5.75. The number of ether oxygens (including phenoxy) is 1. The third kappa shape index (κ3) is 6.58. The molecule has 0 bridgehead atoms. The van der Waals surface area contributed by atoms with Gasteiger partial charge in [0.2, 0.25) is 0 Å².